The normalized spacial score (nSPS) is 11.1. The van der Waals surface area contributed by atoms with Crippen LogP contribution in [-0.2, 0) is 6.54 Å². The zero-order valence-corrected chi connectivity index (χ0v) is 12.1. The fourth-order valence-electron chi connectivity index (χ4n) is 1.77. The van der Waals surface area contributed by atoms with E-state index < -0.39 is 0 Å². The first-order chi connectivity index (χ1) is 9.13. The van der Waals surface area contributed by atoms with Crippen LogP contribution in [-0.4, -0.2) is 17.3 Å². The van der Waals surface area contributed by atoms with Gasteiger partial charge in [-0.05, 0) is 49.0 Å². The lowest BCUT2D eigenvalue weighted by atomic mass is 10.2. The minimum atomic E-state index is 0.147. The van der Waals surface area contributed by atoms with E-state index in [1.54, 1.807) is 23.5 Å². The summed E-state index contributed by atoms with van der Waals surface area (Å²) < 4.78 is 6.97. The van der Waals surface area contributed by atoms with Crippen LogP contribution in [0.4, 0.5) is 0 Å². The fourth-order valence-corrected chi connectivity index (χ4v) is 2.62. The Bertz CT molecular complexity index is 605. The minimum absolute atomic E-state index is 0.147. The average Bonchev–Trinajstić information content (AvgIpc) is 2.77. The molecule has 0 aliphatic carbocycles. The first kappa shape index (κ1) is 13.5. The third-order valence-electron chi connectivity index (χ3n) is 2.69. The smallest absolute Gasteiger partial charge is 0.289 e. The first-order valence-electron chi connectivity index (χ1n) is 6.06. The van der Waals surface area contributed by atoms with Crippen molar-refractivity contribution in [3.05, 3.63) is 33.8 Å². The molecule has 1 heterocycles. The number of hydrogen-bond donors (Lipinski definition) is 1. The number of aromatic nitrogens is 2. The van der Waals surface area contributed by atoms with Gasteiger partial charge in [-0.2, -0.15) is 0 Å². The van der Waals surface area contributed by atoms with Gasteiger partial charge >= 0.3 is 0 Å². The minimum Gasteiger partial charge on any atom is -0.504 e. The molecule has 0 saturated heterocycles. The van der Waals surface area contributed by atoms with Crippen molar-refractivity contribution >= 4 is 23.5 Å². The van der Waals surface area contributed by atoms with Crippen LogP contribution in [0.2, 0.25) is 0 Å². The molecule has 0 bridgehead atoms. The molecule has 0 atom stereocenters. The van der Waals surface area contributed by atoms with Crippen LogP contribution >= 0.6 is 11.3 Å². The fraction of sp³-hybridized carbons (Fsp3) is 0.286. The second-order valence-corrected chi connectivity index (χ2v) is 5.25. The Kier molecular flexibility index (Phi) is 4.16. The van der Waals surface area contributed by atoms with E-state index in [2.05, 4.69) is 12.0 Å². The van der Waals surface area contributed by atoms with Crippen LogP contribution in [0.1, 0.15) is 22.5 Å². The quantitative estimate of drug-likeness (QED) is 0.874. The zero-order chi connectivity index (χ0) is 13.8. The Morgan fingerprint density at radius 2 is 2.21 bits per heavy atom. The molecule has 0 aliphatic rings. The van der Waals surface area contributed by atoms with Crippen LogP contribution in [0.15, 0.2) is 18.2 Å². The van der Waals surface area contributed by atoms with E-state index in [-0.39, 0.29) is 5.75 Å². The van der Waals surface area contributed by atoms with Crippen molar-refractivity contribution in [2.75, 3.05) is 7.11 Å². The van der Waals surface area contributed by atoms with Crippen molar-refractivity contribution in [2.45, 2.75) is 20.4 Å². The number of hydrogen-bond acceptors (Lipinski definition) is 4. The molecule has 2 rings (SSSR count). The monoisotopic (exact) mass is 277 g/mol. The number of aryl methyl sites for hydroxylation is 2. The lowest BCUT2D eigenvalue weighted by molar-refractivity contribution is -0.747. The molecular weight excluding hydrogens is 260 g/mol. The van der Waals surface area contributed by atoms with Gasteiger partial charge in [-0.1, -0.05) is 10.7 Å². The SMILES string of the molecule is CC[n+]1nc(C)sc1/C=C/c1ccc(OC)c(O)c1. The molecule has 0 saturated carbocycles. The van der Waals surface area contributed by atoms with Crippen molar-refractivity contribution in [3.63, 3.8) is 0 Å². The lowest BCUT2D eigenvalue weighted by Crippen LogP contribution is -2.36. The topological polar surface area (TPSA) is 46.2 Å². The molecule has 4 nitrogen and oxygen atoms in total. The molecular formula is C14H17N2O2S+. The van der Waals surface area contributed by atoms with Crippen LogP contribution in [0, 0.1) is 6.92 Å². The van der Waals surface area contributed by atoms with Gasteiger partial charge in [0, 0.05) is 11.2 Å². The summed E-state index contributed by atoms with van der Waals surface area (Å²) >= 11 is 1.65. The number of ether oxygens (including phenoxy) is 1. The number of phenolic OH excluding ortho intramolecular Hbond substituents is 1. The molecule has 1 N–H and O–H groups in total. The van der Waals surface area contributed by atoms with Crippen molar-refractivity contribution in [2.24, 2.45) is 0 Å². The van der Waals surface area contributed by atoms with Gasteiger partial charge in [0.1, 0.15) is 0 Å². The maximum atomic E-state index is 9.72. The molecule has 100 valence electrons. The highest BCUT2D eigenvalue weighted by Crippen LogP contribution is 2.27. The molecule has 1 aromatic heterocycles. The van der Waals surface area contributed by atoms with Crippen LogP contribution in [0.3, 0.4) is 0 Å². The van der Waals surface area contributed by atoms with Crippen molar-refractivity contribution in [1.29, 1.82) is 0 Å². The Morgan fingerprint density at radius 3 is 2.84 bits per heavy atom. The molecule has 19 heavy (non-hydrogen) atoms. The number of rotatable bonds is 4. The Hall–Kier alpha value is -1.88. The van der Waals surface area contributed by atoms with Crippen molar-refractivity contribution < 1.29 is 14.5 Å². The number of phenols is 1. The number of nitrogens with zero attached hydrogens (tertiary/aromatic N) is 2. The maximum absolute atomic E-state index is 9.72. The van der Waals surface area contributed by atoms with Crippen molar-refractivity contribution in [1.82, 2.24) is 5.10 Å². The van der Waals surface area contributed by atoms with Gasteiger partial charge in [-0.3, -0.25) is 0 Å². The summed E-state index contributed by atoms with van der Waals surface area (Å²) in [7, 11) is 1.54. The number of aromatic hydroxyl groups is 1. The summed E-state index contributed by atoms with van der Waals surface area (Å²) in [6.45, 7) is 4.90. The number of benzene rings is 1. The van der Waals surface area contributed by atoms with E-state index in [1.807, 2.05) is 29.8 Å². The van der Waals surface area contributed by atoms with E-state index in [4.69, 9.17) is 4.74 Å². The van der Waals surface area contributed by atoms with Gasteiger partial charge in [0.05, 0.1) is 7.11 Å². The van der Waals surface area contributed by atoms with E-state index >= 15 is 0 Å². The summed E-state index contributed by atoms with van der Waals surface area (Å²) in [6.07, 6.45) is 3.97. The summed E-state index contributed by atoms with van der Waals surface area (Å²) in [6, 6.07) is 5.33. The van der Waals surface area contributed by atoms with Gasteiger partial charge in [-0.25, -0.2) is 0 Å². The average molecular weight is 277 g/mol. The summed E-state index contributed by atoms with van der Waals surface area (Å²) in [5.74, 6) is 0.628. The maximum Gasteiger partial charge on any atom is 0.289 e. The molecule has 0 radical (unpaired) electrons. The van der Waals surface area contributed by atoms with Gasteiger partial charge in [0.25, 0.3) is 5.01 Å². The highest BCUT2D eigenvalue weighted by molar-refractivity contribution is 7.11. The Balaban J connectivity index is 2.24. The van der Waals surface area contributed by atoms with E-state index in [0.29, 0.717) is 5.75 Å². The molecule has 5 heteroatoms. The molecule has 0 aliphatic heterocycles. The molecule has 0 unspecified atom stereocenters. The predicted molar refractivity (Wildman–Crippen MR) is 76.3 cm³/mol. The Morgan fingerprint density at radius 1 is 1.42 bits per heavy atom. The van der Waals surface area contributed by atoms with Gasteiger partial charge < -0.3 is 9.84 Å². The van der Waals surface area contributed by atoms with Crippen molar-refractivity contribution in [3.8, 4) is 11.5 Å². The second kappa shape index (κ2) is 5.84. The number of methoxy groups -OCH3 is 1. The molecule has 2 aromatic rings. The summed E-state index contributed by atoms with van der Waals surface area (Å²) in [4.78, 5) is 0. The van der Waals surface area contributed by atoms with Gasteiger partial charge in [0.2, 0.25) is 0 Å². The summed E-state index contributed by atoms with van der Waals surface area (Å²) in [5, 5.41) is 16.3. The molecule has 0 fully saturated rings. The summed E-state index contributed by atoms with van der Waals surface area (Å²) in [5.41, 5.74) is 0.923. The Labute approximate surface area is 116 Å². The zero-order valence-electron chi connectivity index (χ0n) is 11.3. The van der Waals surface area contributed by atoms with E-state index in [1.165, 1.54) is 7.11 Å². The first-order valence-corrected chi connectivity index (χ1v) is 6.88. The highest BCUT2D eigenvalue weighted by Gasteiger charge is 2.12. The lowest BCUT2D eigenvalue weighted by Gasteiger charge is -2.02. The second-order valence-electron chi connectivity index (χ2n) is 4.04. The van der Waals surface area contributed by atoms with Crippen LogP contribution in [0.5, 0.6) is 11.5 Å². The molecule has 0 spiro atoms. The largest absolute Gasteiger partial charge is 0.504 e. The van der Waals surface area contributed by atoms with E-state index in [0.717, 1.165) is 22.1 Å². The third kappa shape index (κ3) is 3.12. The van der Waals surface area contributed by atoms with Gasteiger partial charge in [0.15, 0.2) is 23.1 Å². The predicted octanol–water partition coefficient (Wildman–Crippen LogP) is 2.64. The van der Waals surface area contributed by atoms with E-state index in [9.17, 15) is 5.11 Å². The highest BCUT2D eigenvalue weighted by atomic mass is 32.1. The molecule has 1 aromatic carbocycles. The molecule has 0 amide bonds. The van der Waals surface area contributed by atoms with Gasteiger partial charge in [-0.15, -0.1) is 0 Å². The third-order valence-corrected chi connectivity index (χ3v) is 3.62. The van der Waals surface area contributed by atoms with Crippen LogP contribution < -0.4 is 9.42 Å². The van der Waals surface area contributed by atoms with Crippen LogP contribution in [0.25, 0.3) is 12.2 Å². The standard InChI is InChI=1S/C14H16N2O2S/c1-4-16-14(19-10(2)15-16)8-6-11-5-7-13(18-3)12(17)9-11/h5-9H,4H2,1-3H3/p+1/b8-6+.